The molecular weight excluding hydrogens is 168 g/mol. The first kappa shape index (κ1) is 12.1. The summed E-state index contributed by atoms with van der Waals surface area (Å²) in [6.07, 6.45) is 8.58. The number of hydrogen-bond acceptors (Lipinski definition) is 0. The fourth-order valence-electron chi connectivity index (χ4n) is 2.66. The van der Waals surface area contributed by atoms with Crippen molar-refractivity contribution in [1.29, 1.82) is 0 Å². The average Bonchev–Trinajstić information content (AvgIpc) is 2.10. The smallest absolute Gasteiger partial charge is 0.0275 e. The van der Waals surface area contributed by atoms with Crippen molar-refractivity contribution in [2.75, 3.05) is 0 Å². The Hall–Kier alpha value is 0. The van der Waals surface area contributed by atoms with Crippen molar-refractivity contribution in [1.82, 2.24) is 0 Å². The summed E-state index contributed by atoms with van der Waals surface area (Å²) in [4.78, 5) is 0. The van der Waals surface area contributed by atoms with Gasteiger partial charge < -0.3 is 0 Å². The summed E-state index contributed by atoms with van der Waals surface area (Å²) in [6, 6.07) is 0. The van der Waals surface area contributed by atoms with Gasteiger partial charge in [-0.15, -0.1) is 0 Å². The standard InChI is InChI=1S/C14H28/c1-6-13(3,4)14(5,7-2)11-12-9-8-10-12/h12H,6-11H2,1-5H3. The Balaban J connectivity index is 2.63. The van der Waals surface area contributed by atoms with E-state index in [1.54, 1.807) is 0 Å². The molecule has 0 aromatic rings. The molecule has 0 N–H and O–H groups in total. The van der Waals surface area contributed by atoms with Crippen LogP contribution in [0.15, 0.2) is 0 Å². The normalized spacial score (nSPS) is 22.9. The van der Waals surface area contributed by atoms with E-state index in [1.807, 2.05) is 0 Å². The van der Waals surface area contributed by atoms with E-state index < -0.39 is 0 Å². The van der Waals surface area contributed by atoms with Crippen molar-refractivity contribution in [2.24, 2.45) is 16.7 Å². The first-order valence-electron chi connectivity index (χ1n) is 6.45. The third-order valence-corrected chi connectivity index (χ3v) is 5.26. The van der Waals surface area contributed by atoms with Crippen LogP contribution in [0, 0.1) is 16.7 Å². The Bertz CT molecular complexity index is 176. The zero-order chi connectivity index (χ0) is 10.8. The second kappa shape index (κ2) is 4.24. The summed E-state index contributed by atoms with van der Waals surface area (Å²) < 4.78 is 0. The maximum Gasteiger partial charge on any atom is -0.0275 e. The molecule has 0 heteroatoms. The average molecular weight is 196 g/mol. The quantitative estimate of drug-likeness (QED) is 0.578. The van der Waals surface area contributed by atoms with Crippen LogP contribution >= 0.6 is 0 Å². The highest BCUT2D eigenvalue weighted by Crippen LogP contribution is 2.51. The highest BCUT2D eigenvalue weighted by molar-refractivity contribution is 4.90. The molecule has 0 aliphatic heterocycles. The van der Waals surface area contributed by atoms with Gasteiger partial charge in [-0.2, -0.15) is 0 Å². The summed E-state index contributed by atoms with van der Waals surface area (Å²) in [5.41, 5.74) is 1.07. The summed E-state index contributed by atoms with van der Waals surface area (Å²) in [5, 5.41) is 0. The molecule has 1 atom stereocenters. The molecule has 14 heavy (non-hydrogen) atoms. The van der Waals surface area contributed by atoms with Gasteiger partial charge in [0.15, 0.2) is 0 Å². The molecule has 0 amide bonds. The van der Waals surface area contributed by atoms with E-state index >= 15 is 0 Å². The topological polar surface area (TPSA) is 0 Å². The Kier molecular flexibility index (Phi) is 3.66. The monoisotopic (exact) mass is 196 g/mol. The lowest BCUT2D eigenvalue weighted by Crippen LogP contribution is -2.37. The molecule has 1 fully saturated rings. The van der Waals surface area contributed by atoms with Crippen molar-refractivity contribution < 1.29 is 0 Å². The Morgan fingerprint density at radius 3 is 1.86 bits per heavy atom. The molecule has 0 bridgehead atoms. The van der Waals surface area contributed by atoms with Crippen LogP contribution in [0.3, 0.4) is 0 Å². The van der Waals surface area contributed by atoms with Crippen LogP contribution in [0.5, 0.6) is 0 Å². The SMILES string of the molecule is CCC(C)(C)C(C)(CC)CC1CCC1. The summed E-state index contributed by atoms with van der Waals surface area (Å²) in [7, 11) is 0. The number of hydrogen-bond donors (Lipinski definition) is 0. The molecule has 1 rings (SSSR count). The number of rotatable bonds is 5. The van der Waals surface area contributed by atoms with Crippen molar-refractivity contribution >= 4 is 0 Å². The molecule has 1 aliphatic carbocycles. The minimum absolute atomic E-state index is 0.511. The van der Waals surface area contributed by atoms with Crippen LogP contribution in [-0.4, -0.2) is 0 Å². The van der Waals surface area contributed by atoms with E-state index in [1.165, 1.54) is 38.5 Å². The maximum atomic E-state index is 2.51. The second-order valence-corrected chi connectivity index (χ2v) is 6.15. The molecule has 1 saturated carbocycles. The van der Waals surface area contributed by atoms with Crippen molar-refractivity contribution in [3.8, 4) is 0 Å². The summed E-state index contributed by atoms with van der Waals surface area (Å²) in [5.74, 6) is 1.05. The van der Waals surface area contributed by atoms with Crippen LogP contribution in [0.2, 0.25) is 0 Å². The summed E-state index contributed by atoms with van der Waals surface area (Å²) >= 11 is 0. The fourth-order valence-corrected chi connectivity index (χ4v) is 2.66. The molecule has 84 valence electrons. The molecule has 0 saturated heterocycles. The minimum Gasteiger partial charge on any atom is -0.0649 e. The van der Waals surface area contributed by atoms with E-state index in [4.69, 9.17) is 0 Å². The molecule has 0 aromatic heterocycles. The zero-order valence-electron chi connectivity index (χ0n) is 10.8. The third kappa shape index (κ3) is 2.15. The van der Waals surface area contributed by atoms with Crippen molar-refractivity contribution in [3.63, 3.8) is 0 Å². The van der Waals surface area contributed by atoms with E-state index in [0.717, 1.165) is 5.92 Å². The van der Waals surface area contributed by atoms with Crippen LogP contribution in [0.1, 0.15) is 73.1 Å². The largest absolute Gasteiger partial charge is 0.0649 e. The molecular formula is C14H28. The Morgan fingerprint density at radius 2 is 1.57 bits per heavy atom. The van der Waals surface area contributed by atoms with Crippen LogP contribution in [0.4, 0.5) is 0 Å². The zero-order valence-corrected chi connectivity index (χ0v) is 10.8. The van der Waals surface area contributed by atoms with Crippen LogP contribution < -0.4 is 0 Å². The van der Waals surface area contributed by atoms with E-state index in [9.17, 15) is 0 Å². The Labute approximate surface area is 90.5 Å². The highest BCUT2D eigenvalue weighted by atomic mass is 14.5. The van der Waals surface area contributed by atoms with Crippen molar-refractivity contribution in [3.05, 3.63) is 0 Å². The lowest BCUT2D eigenvalue weighted by Gasteiger charge is -2.47. The summed E-state index contributed by atoms with van der Waals surface area (Å²) in [6.45, 7) is 12.1. The molecule has 0 radical (unpaired) electrons. The Morgan fingerprint density at radius 1 is 1.00 bits per heavy atom. The predicted octanol–water partition coefficient (Wildman–Crippen LogP) is 5.03. The van der Waals surface area contributed by atoms with E-state index in [0.29, 0.717) is 10.8 Å². The van der Waals surface area contributed by atoms with Gasteiger partial charge in [-0.3, -0.25) is 0 Å². The molecule has 0 spiro atoms. The second-order valence-electron chi connectivity index (χ2n) is 6.15. The molecule has 1 unspecified atom stereocenters. The molecule has 1 aliphatic rings. The molecule has 0 nitrogen and oxygen atoms in total. The van der Waals surface area contributed by atoms with Gasteiger partial charge in [0.2, 0.25) is 0 Å². The highest BCUT2D eigenvalue weighted by Gasteiger charge is 2.40. The maximum absolute atomic E-state index is 2.51. The molecule has 0 aromatic carbocycles. The van der Waals surface area contributed by atoms with Gasteiger partial charge in [0.25, 0.3) is 0 Å². The molecule has 0 heterocycles. The lowest BCUT2D eigenvalue weighted by atomic mass is 9.58. The van der Waals surface area contributed by atoms with Gasteiger partial charge in [-0.1, -0.05) is 66.7 Å². The van der Waals surface area contributed by atoms with Gasteiger partial charge in [0.05, 0.1) is 0 Å². The van der Waals surface area contributed by atoms with E-state index in [2.05, 4.69) is 34.6 Å². The first-order chi connectivity index (χ1) is 6.45. The van der Waals surface area contributed by atoms with Gasteiger partial charge in [0.1, 0.15) is 0 Å². The van der Waals surface area contributed by atoms with Crippen LogP contribution in [-0.2, 0) is 0 Å². The lowest BCUT2D eigenvalue weighted by molar-refractivity contribution is 0.0329. The van der Waals surface area contributed by atoms with Gasteiger partial charge in [-0.25, -0.2) is 0 Å². The fraction of sp³-hybridized carbons (Fsp3) is 1.00. The third-order valence-electron chi connectivity index (χ3n) is 5.26. The van der Waals surface area contributed by atoms with Gasteiger partial charge in [0, 0.05) is 0 Å². The van der Waals surface area contributed by atoms with Gasteiger partial charge >= 0.3 is 0 Å². The first-order valence-corrected chi connectivity index (χ1v) is 6.45. The van der Waals surface area contributed by atoms with Crippen molar-refractivity contribution in [2.45, 2.75) is 73.1 Å². The minimum atomic E-state index is 0.511. The predicted molar refractivity (Wildman–Crippen MR) is 64.4 cm³/mol. The van der Waals surface area contributed by atoms with Crippen LogP contribution in [0.25, 0.3) is 0 Å². The van der Waals surface area contributed by atoms with Gasteiger partial charge in [-0.05, 0) is 23.2 Å². The van der Waals surface area contributed by atoms with E-state index in [-0.39, 0.29) is 0 Å².